The molecule has 0 saturated carbocycles. The molecule has 0 amide bonds. The van der Waals surface area contributed by atoms with Crippen molar-refractivity contribution in [1.82, 2.24) is 0 Å². The Bertz CT molecular complexity index is 811. The molecule has 0 aliphatic rings. The van der Waals surface area contributed by atoms with Gasteiger partial charge in [-0.15, -0.1) is 0 Å². The summed E-state index contributed by atoms with van der Waals surface area (Å²) >= 11 is -2.32. The number of alkyl halides is 21. The second-order valence-corrected chi connectivity index (χ2v) is 7.23. The zero-order chi connectivity index (χ0) is 29.3. The lowest BCUT2D eigenvalue weighted by Gasteiger charge is -2.44. The summed E-state index contributed by atoms with van der Waals surface area (Å²) in [6, 6.07) is 0. The first-order valence-electron chi connectivity index (χ1n) is 7.17. The van der Waals surface area contributed by atoms with Gasteiger partial charge in [0.05, 0.1) is 0 Å². The van der Waals surface area contributed by atoms with Crippen molar-refractivity contribution in [3.63, 3.8) is 0 Å². The molecule has 0 saturated heterocycles. The normalized spacial score (nSPS) is 16.5. The summed E-state index contributed by atoms with van der Waals surface area (Å²) in [4.78, 5) is 0. The molecule has 0 aliphatic heterocycles. The lowest BCUT2D eigenvalue weighted by Crippen LogP contribution is -2.76. The molecule has 2 nitrogen and oxygen atoms in total. The summed E-state index contributed by atoms with van der Waals surface area (Å²) in [6.07, 6.45) is -8.02. The molecule has 210 valence electrons. The monoisotopic (exact) mass is 594 g/mol. The molecule has 0 aliphatic carbocycles. The molecule has 35 heavy (non-hydrogen) atoms. The molecular weight excluding hydrogens is 591 g/mol. The summed E-state index contributed by atoms with van der Waals surface area (Å²) in [7, 11) is 0. The number of thioether (sulfide) groups is 1. The van der Waals surface area contributed by atoms with Crippen LogP contribution >= 0.6 is 11.8 Å². The predicted molar refractivity (Wildman–Crippen MR) is 70.1 cm³/mol. The lowest BCUT2D eigenvalue weighted by atomic mass is 9.87. The quantitative estimate of drug-likeness (QED) is 0.174. The molecule has 0 aromatic carbocycles. The van der Waals surface area contributed by atoms with Gasteiger partial charge in [0, 0.05) is 0 Å². The summed E-state index contributed by atoms with van der Waals surface area (Å²) < 4.78 is 273. The van der Waals surface area contributed by atoms with E-state index in [1.54, 1.807) is 0 Å². The highest BCUT2D eigenvalue weighted by Crippen LogP contribution is 2.66. The summed E-state index contributed by atoms with van der Waals surface area (Å²) in [6.45, 7) is 0. The van der Waals surface area contributed by atoms with Gasteiger partial charge < -0.3 is 5.73 Å². The molecule has 0 fully saturated rings. The van der Waals surface area contributed by atoms with Gasteiger partial charge in [-0.2, -0.15) is 92.2 Å². The van der Waals surface area contributed by atoms with Crippen molar-refractivity contribution in [2.24, 2.45) is 5.73 Å². The van der Waals surface area contributed by atoms with E-state index in [1.807, 2.05) is 0 Å². The van der Waals surface area contributed by atoms with Crippen LogP contribution in [0.15, 0.2) is 0 Å². The van der Waals surface area contributed by atoms with E-state index in [-0.39, 0.29) is 0 Å². The van der Waals surface area contributed by atoms with E-state index >= 15 is 0 Å². The van der Waals surface area contributed by atoms with Crippen LogP contribution in [-0.2, 0) is 0 Å². The highest BCUT2D eigenvalue weighted by atomic mass is 32.2. The smallest absolute Gasteiger partial charge is 0.379 e. The van der Waals surface area contributed by atoms with Crippen molar-refractivity contribution in [2.45, 2.75) is 58.8 Å². The lowest BCUT2D eigenvalue weighted by molar-refractivity contribution is -0.472. The molecule has 0 rings (SSSR count). The standard InChI is InChI=1S/C11H3F21N2S/c12-2(13,4(16,17)6(20,21)8(24,25)10(28,29)30)3(14,15)5(18,19)7(22,23)9(26,27)11(31,32)35-1(33)34/h(H3,33,34). The maximum atomic E-state index is 13.4. The van der Waals surface area contributed by atoms with Gasteiger partial charge in [-0.1, -0.05) is 0 Å². The summed E-state index contributed by atoms with van der Waals surface area (Å²) in [5.74, 6) is -70.6. The van der Waals surface area contributed by atoms with Crippen molar-refractivity contribution in [3.05, 3.63) is 0 Å². The van der Waals surface area contributed by atoms with E-state index in [2.05, 4.69) is 5.73 Å². The molecule has 0 aromatic rings. The average Bonchev–Trinajstić information content (AvgIpc) is 2.58. The van der Waals surface area contributed by atoms with Crippen LogP contribution in [-0.4, -0.2) is 64.0 Å². The van der Waals surface area contributed by atoms with Crippen LogP contribution in [0, 0.1) is 5.41 Å². The van der Waals surface area contributed by atoms with Crippen LogP contribution in [0.5, 0.6) is 0 Å². The van der Waals surface area contributed by atoms with E-state index in [0.29, 0.717) is 0 Å². The maximum Gasteiger partial charge on any atom is 0.460 e. The van der Waals surface area contributed by atoms with Crippen molar-refractivity contribution < 1.29 is 92.2 Å². The second-order valence-electron chi connectivity index (χ2n) is 6.08. The Morgan fingerprint density at radius 1 is 0.400 bits per heavy atom. The number of nitrogens with two attached hydrogens (primary N) is 1. The Labute approximate surface area is 180 Å². The molecule has 0 unspecified atom stereocenters. The van der Waals surface area contributed by atoms with Crippen LogP contribution < -0.4 is 5.73 Å². The van der Waals surface area contributed by atoms with E-state index in [0.717, 1.165) is 0 Å². The second kappa shape index (κ2) is 8.18. The Hall–Kier alpha value is -1.65. The van der Waals surface area contributed by atoms with Crippen LogP contribution in [0.1, 0.15) is 0 Å². The molecule has 0 atom stereocenters. The average molecular weight is 594 g/mol. The fraction of sp³-hybridized carbons (Fsp3) is 0.909. The van der Waals surface area contributed by atoms with E-state index in [9.17, 15) is 92.2 Å². The Morgan fingerprint density at radius 2 is 0.600 bits per heavy atom. The third-order valence-corrected chi connectivity index (χ3v) is 4.45. The van der Waals surface area contributed by atoms with E-state index < -0.39 is 75.7 Å². The fourth-order valence-electron chi connectivity index (χ4n) is 1.75. The zero-order valence-electron chi connectivity index (χ0n) is 14.9. The van der Waals surface area contributed by atoms with Crippen molar-refractivity contribution in [1.29, 1.82) is 5.41 Å². The van der Waals surface area contributed by atoms with Gasteiger partial charge in [0.15, 0.2) is 5.17 Å². The number of amidine groups is 1. The summed E-state index contributed by atoms with van der Waals surface area (Å²) in [5, 5.41) is -3.14. The van der Waals surface area contributed by atoms with Gasteiger partial charge in [0.25, 0.3) is 0 Å². The first-order chi connectivity index (χ1) is 14.7. The summed E-state index contributed by atoms with van der Waals surface area (Å²) in [5.41, 5.74) is 4.05. The van der Waals surface area contributed by atoms with E-state index in [1.165, 1.54) is 0 Å². The first-order valence-corrected chi connectivity index (χ1v) is 7.98. The number of hydrogen-bond acceptors (Lipinski definition) is 2. The molecule has 0 aromatic heterocycles. The van der Waals surface area contributed by atoms with Gasteiger partial charge in [-0.05, 0) is 11.8 Å². The van der Waals surface area contributed by atoms with Gasteiger partial charge in [0.1, 0.15) is 0 Å². The minimum absolute atomic E-state index is 2.32. The minimum Gasteiger partial charge on any atom is -0.379 e. The highest BCUT2D eigenvalue weighted by molar-refractivity contribution is 8.14. The molecular formula is C11H3F21N2S. The predicted octanol–water partition coefficient (Wildman–Crippen LogP) is 6.85. The molecule has 24 heteroatoms. The number of hydrogen-bond donors (Lipinski definition) is 2. The molecule has 0 heterocycles. The fourth-order valence-corrected chi connectivity index (χ4v) is 2.28. The van der Waals surface area contributed by atoms with Crippen molar-refractivity contribution in [3.8, 4) is 0 Å². The number of rotatable bonds is 9. The molecule has 3 N–H and O–H groups in total. The first kappa shape index (κ1) is 33.4. The van der Waals surface area contributed by atoms with Gasteiger partial charge in [-0.3, -0.25) is 5.41 Å². The number of nitrogens with one attached hydrogen (secondary N) is 1. The number of halogens is 21. The van der Waals surface area contributed by atoms with Crippen LogP contribution in [0.25, 0.3) is 0 Å². The molecule has 0 radical (unpaired) electrons. The van der Waals surface area contributed by atoms with Gasteiger partial charge in [-0.25, -0.2) is 0 Å². The largest absolute Gasteiger partial charge is 0.460 e. The molecule has 0 bridgehead atoms. The molecule has 0 spiro atoms. The highest BCUT2D eigenvalue weighted by Gasteiger charge is 2.97. The topological polar surface area (TPSA) is 49.9 Å². The van der Waals surface area contributed by atoms with Crippen molar-refractivity contribution in [2.75, 3.05) is 0 Å². The Balaban J connectivity index is 7.05. The van der Waals surface area contributed by atoms with Gasteiger partial charge >= 0.3 is 58.8 Å². The SMILES string of the molecule is N=C(N)SC(F)(F)C(F)(F)C(F)(F)C(F)(F)C(F)(F)C(F)(F)C(F)(F)C(F)(F)C(F)(F)C(F)(F)F. The Morgan fingerprint density at radius 3 is 0.800 bits per heavy atom. The van der Waals surface area contributed by atoms with Gasteiger partial charge in [0.2, 0.25) is 0 Å². The van der Waals surface area contributed by atoms with Crippen molar-refractivity contribution >= 4 is 16.9 Å². The zero-order valence-corrected chi connectivity index (χ0v) is 15.7. The van der Waals surface area contributed by atoms with Crippen LogP contribution in [0.2, 0.25) is 0 Å². The minimum atomic E-state index is -9.20. The third-order valence-electron chi connectivity index (χ3n) is 3.72. The van der Waals surface area contributed by atoms with E-state index in [4.69, 9.17) is 5.41 Å². The maximum absolute atomic E-state index is 13.4. The Kier molecular flexibility index (Phi) is 7.79. The van der Waals surface area contributed by atoms with Crippen LogP contribution in [0.4, 0.5) is 92.2 Å². The van der Waals surface area contributed by atoms with Crippen LogP contribution in [0.3, 0.4) is 0 Å². The third kappa shape index (κ3) is 4.19.